The fourth-order valence-corrected chi connectivity index (χ4v) is 24.0. The van der Waals surface area contributed by atoms with E-state index in [0.29, 0.717) is 19.8 Å². The molecule has 0 aromatic carbocycles. The van der Waals surface area contributed by atoms with Crippen molar-refractivity contribution in [2.24, 2.45) is 0 Å². The number of hydrogen-bond donors (Lipinski definition) is 0. The summed E-state index contributed by atoms with van der Waals surface area (Å²) in [6.07, 6.45) is 33.6. The summed E-state index contributed by atoms with van der Waals surface area (Å²) in [5, 5.41) is 2.18. The van der Waals surface area contributed by atoms with Gasteiger partial charge in [-0.25, -0.2) is 0 Å². The van der Waals surface area contributed by atoms with Crippen molar-refractivity contribution >= 4 is 47.8 Å². The normalized spacial score (nSPS) is 13.2. The van der Waals surface area contributed by atoms with Gasteiger partial charge in [0.15, 0.2) is 18.2 Å². The van der Waals surface area contributed by atoms with E-state index in [1.54, 1.807) is 10.8 Å². The van der Waals surface area contributed by atoms with Gasteiger partial charge in [0.05, 0.1) is 10.8 Å². The van der Waals surface area contributed by atoms with Crippen LogP contribution in [0.3, 0.4) is 0 Å². The Hall–Kier alpha value is 0.977. The number of hydrogen-bond acceptors (Lipinski definition) is 6. The van der Waals surface area contributed by atoms with E-state index < -0.39 is 7.95 Å². The first-order chi connectivity index (χ1) is 19.7. The molecule has 0 aromatic heterocycles. The predicted octanol–water partition coefficient (Wildman–Crippen LogP) is 12.6. The lowest BCUT2D eigenvalue weighted by Crippen LogP contribution is -2.51. The van der Waals surface area contributed by atoms with Crippen LogP contribution in [-0.2, 0) is 21.7 Å². The van der Waals surface area contributed by atoms with Crippen LogP contribution in [0.1, 0.15) is 157 Å². The molecule has 0 spiro atoms. The summed E-state index contributed by atoms with van der Waals surface area (Å²) in [4.78, 5) is 0. The van der Waals surface area contributed by atoms with Crippen molar-refractivity contribution in [3.8, 4) is 0 Å². The molecule has 0 saturated heterocycles. The Bertz CT molecular complexity index is 549. The van der Waals surface area contributed by atoms with Gasteiger partial charge < -0.3 is 13.3 Å². The summed E-state index contributed by atoms with van der Waals surface area (Å²) in [6, 6.07) is 0. The van der Waals surface area contributed by atoms with Gasteiger partial charge in [0, 0.05) is 25.6 Å². The van der Waals surface area contributed by atoms with Crippen LogP contribution in [0, 0.1) is 0 Å². The Balaban J connectivity index is 3.74. The molecule has 0 fully saturated rings. The van der Waals surface area contributed by atoms with Gasteiger partial charge in [-0.15, -0.1) is 0 Å². The molecule has 0 aromatic rings. The Morgan fingerprint density at radius 1 is 0.550 bits per heavy atom. The number of rotatable bonds is 32. The SMILES string of the molecule is CCCCCCCCCCCCCCCCCCCCC=CC=CSS[S+](SCC)[Si](OCC)(OCC)OCC. The van der Waals surface area contributed by atoms with Crippen LogP contribution < -0.4 is 0 Å². The molecule has 0 aliphatic rings. The highest BCUT2D eigenvalue weighted by Crippen LogP contribution is 2.45. The van der Waals surface area contributed by atoms with E-state index in [2.05, 4.69) is 37.5 Å². The maximum absolute atomic E-state index is 6.14. The van der Waals surface area contributed by atoms with E-state index >= 15 is 0 Å². The van der Waals surface area contributed by atoms with E-state index in [-0.39, 0.29) is 8.41 Å². The zero-order chi connectivity index (χ0) is 29.4. The van der Waals surface area contributed by atoms with Crippen LogP contribution in [0.4, 0.5) is 0 Å². The highest BCUT2D eigenvalue weighted by molar-refractivity contribution is 9.29. The Kier molecular flexibility index (Phi) is 33.7. The van der Waals surface area contributed by atoms with E-state index in [1.165, 1.54) is 122 Å². The zero-order valence-corrected chi connectivity index (χ0v) is 31.2. The third-order valence-corrected chi connectivity index (χ3v) is 25.2. The highest BCUT2D eigenvalue weighted by atomic mass is 33.8. The van der Waals surface area contributed by atoms with Crippen LogP contribution in [0.5, 0.6) is 0 Å². The van der Waals surface area contributed by atoms with Gasteiger partial charge in [0.2, 0.25) is 0 Å². The van der Waals surface area contributed by atoms with Crippen molar-refractivity contribution in [1.82, 2.24) is 0 Å². The van der Waals surface area contributed by atoms with E-state index in [9.17, 15) is 0 Å². The van der Waals surface area contributed by atoms with Crippen molar-refractivity contribution in [2.75, 3.05) is 25.6 Å². The van der Waals surface area contributed by atoms with Gasteiger partial charge in [-0.05, 0) is 49.8 Å². The first kappa shape index (κ1) is 41.0. The molecule has 0 saturated carbocycles. The summed E-state index contributed by atoms with van der Waals surface area (Å²) in [5.41, 5.74) is 0. The molecule has 0 aliphatic carbocycles. The molecular formula is C32H65O3S4Si+. The van der Waals surface area contributed by atoms with Crippen LogP contribution >= 0.6 is 31.4 Å². The van der Waals surface area contributed by atoms with Gasteiger partial charge in [-0.3, -0.25) is 0 Å². The lowest BCUT2D eigenvalue weighted by atomic mass is 10.0. The van der Waals surface area contributed by atoms with Crippen LogP contribution in [0.15, 0.2) is 23.6 Å². The standard InChI is InChI=1S/C32H65O3S4Si/c1-6-11-12-13-14-15-16-17-18-19-20-21-22-23-24-25-26-27-28-29-30-31-32-36-38-39(37-10-5)40(33-7-2,34-8-3)35-9-4/h29-32H,6-28H2,1-5H3/q+1. The van der Waals surface area contributed by atoms with Gasteiger partial charge in [0.25, 0.3) is 0 Å². The van der Waals surface area contributed by atoms with E-state index in [0.717, 1.165) is 5.75 Å². The fraction of sp³-hybridized carbons (Fsp3) is 0.875. The Morgan fingerprint density at radius 2 is 0.975 bits per heavy atom. The molecule has 0 radical (unpaired) electrons. The minimum absolute atomic E-state index is 0.148. The summed E-state index contributed by atoms with van der Waals surface area (Å²) in [5.74, 6) is 1.03. The van der Waals surface area contributed by atoms with Gasteiger partial charge in [0.1, 0.15) is 0 Å². The molecule has 238 valence electrons. The molecular weight excluding hydrogens is 589 g/mol. The maximum atomic E-state index is 6.14. The van der Waals surface area contributed by atoms with Gasteiger partial charge in [-0.1, -0.05) is 141 Å². The van der Waals surface area contributed by atoms with Crippen LogP contribution in [-0.4, -0.2) is 33.5 Å². The largest absolute Gasteiger partial charge is 0.808 e. The molecule has 8 heteroatoms. The molecule has 40 heavy (non-hydrogen) atoms. The average molecular weight is 654 g/mol. The summed E-state index contributed by atoms with van der Waals surface area (Å²) in [7, 11) is 2.67. The van der Waals surface area contributed by atoms with Crippen molar-refractivity contribution in [2.45, 2.75) is 157 Å². The van der Waals surface area contributed by atoms with Gasteiger partial charge >= 0.3 is 7.95 Å². The third kappa shape index (κ3) is 24.4. The summed E-state index contributed by atoms with van der Waals surface area (Å²) >= 11 is 0. The van der Waals surface area contributed by atoms with Gasteiger partial charge in [-0.2, -0.15) is 0 Å². The first-order valence-electron chi connectivity index (χ1n) is 16.7. The van der Waals surface area contributed by atoms with Crippen LogP contribution in [0.2, 0.25) is 0 Å². The zero-order valence-electron chi connectivity index (χ0n) is 26.9. The smallest absolute Gasteiger partial charge is 0.331 e. The minimum atomic E-state index is -2.68. The molecule has 3 nitrogen and oxygen atoms in total. The monoisotopic (exact) mass is 653 g/mol. The average Bonchev–Trinajstić information content (AvgIpc) is 2.95. The van der Waals surface area contributed by atoms with Crippen LogP contribution in [0.25, 0.3) is 0 Å². The second-order valence-electron chi connectivity index (χ2n) is 10.2. The quantitative estimate of drug-likeness (QED) is 0.0236. The summed E-state index contributed by atoms with van der Waals surface area (Å²) < 4.78 is 18.4. The second kappa shape index (κ2) is 32.9. The first-order valence-corrected chi connectivity index (χ1v) is 24.6. The minimum Gasteiger partial charge on any atom is -0.331 e. The van der Waals surface area contributed by atoms with Crippen molar-refractivity contribution < 1.29 is 13.3 Å². The number of allylic oxidation sites excluding steroid dienone is 3. The van der Waals surface area contributed by atoms with Crippen molar-refractivity contribution in [3.63, 3.8) is 0 Å². The lowest BCUT2D eigenvalue weighted by molar-refractivity contribution is 0.0966. The lowest BCUT2D eigenvalue weighted by Gasteiger charge is -2.22. The Morgan fingerprint density at radius 3 is 1.38 bits per heavy atom. The molecule has 0 heterocycles. The molecule has 0 rings (SSSR count). The molecule has 1 unspecified atom stereocenters. The maximum Gasteiger partial charge on any atom is 0.808 e. The summed E-state index contributed by atoms with van der Waals surface area (Å²) in [6.45, 7) is 12.5. The second-order valence-corrected chi connectivity index (χ2v) is 24.0. The van der Waals surface area contributed by atoms with Crippen molar-refractivity contribution in [3.05, 3.63) is 23.6 Å². The predicted molar refractivity (Wildman–Crippen MR) is 193 cm³/mol. The van der Waals surface area contributed by atoms with Crippen molar-refractivity contribution in [1.29, 1.82) is 0 Å². The fourth-order valence-electron chi connectivity index (χ4n) is 4.51. The highest BCUT2D eigenvalue weighted by Gasteiger charge is 2.66. The molecule has 0 bridgehead atoms. The molecule has 0 amide bonds. The van der Waals surface area contributed by atoms with E-state index in [4.69, 9.17) is 13.3 Å². The Labute approximate surface area is 265 Å². The molecule has 0 N–H and O–H groups in total. The molecule has 0 aliphatic heterocycles. The third-order valence-electron chi connectivity index (χ3n) is 6.60. The van der Waals surface area contributed by atoms with E-state index in [1.807, 2.05) is 41.4 Å². The molecule has 1 atom stereocenters. The number of unbranched alkanes of at least 4 members (excludes halogenated alkanes) is 18. The topological polar surface area (TPSA) is 27.7 Å².